The molecule has 0 radical (unpaired) electrons. The summed E-state index contributed by atoms with van der Waals surface area (Å²) >= 11 is 0. The Labute approximate surface area is 84.0 Å². The number of nitrogens with zero attached hydrogens (tertiary/aromatic N) is 2. The van der Waals surface area contributed by atoms with E-state index >= 15 is 0 Å². The molecule has 0 aliphatic carbocycles. The summed E-state index contributed by atoms with van der Waals surface area (Å²) in [6, 6.07) is 3.32. The Morgan fingerprint density at radius 3 is 2.86 bits per heavy atom. The van der Waals surface area contributed by atoms with Gasteiger partial charge >= 0.3 is 0 Å². The quantitative estimate of drug-likeness (QED) is 0.794. The van der Waals surface area contributed by atoms with Crippen molar-refractivity contribution < 1.29 is 4.39 Å². The predicted octanol–water partition coefficient (Wildman–Crippen LogP) is 1.58. The molecule has 0 aliphatic heterocycles. The lowest BCUT2D eigenvalue weighted by atomic mass is 10.3. The van der Waals surface area contributed by atoms with E-state index in [2.05, 4.69) is 22.1 Å². The Morgan fingerprint density at radius 2 is 2.29 bits per heavy atom. The highest BCUT2D eigenvalue weighted by molar-refractivity contribution is 5.35. The molecule has 14 heavy (non-hydrogen) atoms. The Bertz CT molecular complexity index is 288. The summed E-state index contributed by atoms with van der Waals surface area (Å²) in [4.78, 5) is 5.97. The van der Waals surface area contributed by atoms with E-state index < -0.39 is 0 Å². The number of aromatic nitrogens is 1. The largest absolute Gasteiger partial charge is 0.366 e. The van der Waals surface area contributed by atoms with Crippen molar-refractivity contribution in [3.8, 4) is 0 Å². The number of hydrogen-bond acceptors (Lipinski definition) is 3. The number of likely N-dealkylation sites (N-methyl/N-ethyl adjacent to an activating group) is 1. The van der Waals surface area contributed by atoms with Crippen molar-refractivity contribution in [2.45, 2.75) is 13.0 Å². The summed E-state index contributed by atoms with van der Waals surface area (Å²) < 4.78 is 13.1. The summed E-state index contributed by atoms with van der Waals surface area (Å²) in [5.41, 5.74) is 0. The third kappa shape index (κ3) is 2.96. The van der Waals surface area contributed by atoms with Crippen molar-refractivity contribution in [1.82, 2.24) is 9.88 Å². The first-order valence-electron chi connectivity index (χ1n) is 4.62. The fourth-order valence-corrected chi connectivity index (χ4v) is 0.943. The van der Waals surface area contributed by atoms with Gasteiger partial charge in [0, 0.05) is 18.8 Å². The van der Waals surface area contributed by atoms with Gasteiger partial charge in [0.05, 0.1) is 0 Å². The van der Waals surface area contributed by atoms with E-state index in [9.17, 15) is 4.39 Å². The minimum absolute atomic E-state index is 0.307. The molecule has 0 saturated heterocycles. The third-order valence-corrected chi connectivity index (χ3v) is 2.20. The molecule has 1 atom stereocenters. The fraction of sp³-hybridized carbons (Fsp3) is 0.500. The van der Waals surface area contributed by atoms with Gasteiger partial charge in [-0.15, -0.1) is 0 Å². The number of pyridine rings is 1. The third-order valence-electron chi connectivity index (χ3n) is 2.20. The second-order valence-corrected chi connectivity index (χ2v) is 3.53. The van der Waals surface area contributed by atoms with E-state index in [0.717, 1.165) is 0 Å². The lowest BCUT2D eigenvalue weighted by Gasteiger charge is -2.20. The smallest absolute Gasteiger partial charge is 0.165 e. The standard InChI is InChI=1S/C10H16FN3/c1-8(14(2)3)7-13-10-9(11)5-4-6-12-10/h4-6,8H,7H2,1-3H3,(H,12,13). The molecular weight excluding hydrogens is 181 g/mol. The normalized spacial score (nSPS) is 12.9. The molecule has 78 valence electrons. The van der Waals surface area contributed by atoms with Gasteiger partial charge < -0.3 is 10.2 Å². The van der Waals surface area contributed by atoms with Crippen LogP contribution < -0.4 is 5.32 Å². The van der Waals surface area contributed by atoms with Crippen LogP contribution in [0.2, 0.25) is 0 Å². The molecule has 1 aromatic rings. The molecule has 0 aliphatic rings. The molecule has 0 bridgehead atoms. The zero-order valence-electron chi connectivity index (χ0n) is 8.79. The lowest BCUT2D eigenvalue weighted by Crippen LogP contribution is -2.31. The first-order valence-corrected chi connectivity index (χ1v) is 4.62. The monoisotopic (exact) mass is 197 g/mol. The molecule has 0 amide bonds. The molecule has 1 rings (SSSR count). The molecule has 1 heterocycles. The topological polar surface area (TPSA) is 28.2 Å². The van der Waals surface area contributed by atoms with Crippen molar-refractivity contribution in [3.05, 3.63) is 24.1 Å². The second kappa shape index (κ2) is 4.91. The van der Waals surface area contributed by atoms with E-state index in [0.29, 0.717) is 18.4 Å². The molecule has 0 spiro atoms. The molecule has 1 unspecified atom stereocenters. The van der Waals surface area contributed by atoms with E-state index in [4.69, 9.17) is 0 Å². The Hall–Kier alpha value is -1.16. The number of anilines is 1. The van der Waals surface area contributed by atoms with Gasteiger partial charge in [0.2, 0.25) is 0 Å². The van der Waals surface area contributed by atoms with Crippen LogP contribution in [0.4, 0.5) is 10.2 Å². The highest BCUT2D eigenvalue weighted by Gasteiger charge is 2.06. The van der Waals surface area contributed by atoms with E-state index in [-0.39, 0.29) is 5.82 Å². The first kappa shape index (κ1) is 10.9. The highest BCUT2D eigenvalue weighted by Crippen LogP contribution is 2.08. The summed E-state index contributed by atoms with van der Waals surface area (Å²) in [6.45, 7) is 2.74. The zero-order chi connectivity index (χ0) is 10.6. The van der Waals surface area contributed by atoms with Gasteiger partial charge in [-0.3, -0.25) is 0 Å². The Morgan fingerprint density at radius 1 is 1.57 bits per heavy atom. The van der Waals surface area contributed by atoms with E-state index in [1.807, 2.05) is 14.1 Å². The average Bonchev–Trinajstić information content (AvgIpc) is 2.16. The van der Waals surface area contributed by atoms with Crippen LogP contribution in [0.25, 0.3) is 0 Å². The molecular formula is C10H16FN3. The van der Waals surface area contributed by atoms with Crippen LogP contribution in [-0.4, -0.2) is 36.6 Å². The fourth-order valence-electron chi connectivity index (χ4n) is 0.943. The van der Waals surface area contributed by atoms with Crippen LogP contribution in [0.1, 0.15) is 6.92 Å². The van der Waals surface area contributed by atoms with Gasteiger partial charge in [0.15, 0.2) is 11.6 Å². The second-order valence-electron chi connectivity index (χ2n) is 3.53. The van der Waals surface area contributed by atoms with Gasteiger partial charge in [-0.05, 0) is 33.2 Å². The molecule has 4 heteroatoms. The Balaban J connectivity index is 2.50. The van der Waals surface area contributed by atoms with Gasteiger partial charge in [-0.25, -0.2) is 9.37 Å². The molecule has 1 aromatic heterocycles. The maximum absolute atomic E-state index is 13.1. The molecule has 3 nitrogen and oxygen atoms in total. The number of hydrogen-bond donors (Lipinski definition) is 1. The molecule has 0 aromatic carbocycles. The molecule has 0 saturated carbocycles. The lowest BCUT2D eigenvalue weighted by molar-refractivity contribution is 0.325. The summed E-state index contributed by atoms with van der Waals surface area (Å²) in [7, 11) is 3.97. The maximum atomic E-state index is 13.1. The number of rotatable bonds is 4. The van der Waals surface area contributed by atoms with E-state index in [1.165, 1.54) is 6.07 Å². The maximum Gasteiger partial charge on any atom is 0.165 e. The first-order chi connectivity index (χ1) is 6.61. The van der Waals surface area contributed by atoms with Crippen LogP contribution >= 0.6 is 0 Å². The summed E-state index contributed by atoms with van der Waals surface area (Å²) in [5, 5.41) is 2.97. The van der Waals surface area contributed by atoms with Crippen molar-refractivity contribution in [3.63, 3.8) is 0 Å². The van der Waals surface area contributed by atoms with Gasteiger partial charge in [-0.1, -0.05) is 0 Å². The zero-order valence-corrected chi connectivity index (χ0v) is 8.79. The van der Waals surface area contributed by atoms with Crippen LogP contribution in [0, 0.1) is 5.82 Å². The Kier molecular flexibility index (Phi) is 3.83. The molecule has 0 fully saturated rings. The van der Waals surface area contributed by atoms with Crippen LogP contribution in [-0.2, 0) is 0 Å². The van der Waals surface area contributed by atoms with Crippen LogP contribution in [0.5, 0.6) is 0 Å². The van der Waals surface area contributed by atoms with Gasteiger partial charge in [-0.2, -0.15) is 0 Å². The summed E-state index contributed by atoms with van der Waals surface area (Å²) in [5.74, 6) is 0.0136. The van der Waals surface area contributed by atoms with Crippen LogP contribution in [0.15, 0.2) is 18.3 Å². The van der Waals surface area contributed by atoms with Crippen LogP contribution in [0.3, 0.4) is 0 Å². The van der Waals surface area contributed by atoms with Crippen molar-refractivity contribution in [2.24, 2.45) is 0 Å². The van der Waals surface area contributed by atoms with Crippen molar-refractivity contribution in [2.75, 3.05) is 26.0 Å². The predicted molar refractivity (Wildman–Crippen MR) is 55.8 cm³/mol. The number of nitrogens with one attached hydrogen (secondary N) is 1. The average molecular weight is 197 g/mol. The minimum Gasteiger partial charge on any atom is -0.366 e. The molecule has 1 N–H and O–H groups in total. The van der Waals surface area contributed by atoms with Gasteiger partial charge in [0.25, 0.3) is 0 Å². The number of halogens is 1. The van der Waals surface area contributed by atoms with Gasteiger partial charge in [0.1, 0.15) is 0 Å². The minimum atomic E-state index is -0.307. The van der Waals surface area contributed by atoms with E-state index in [1.54, 1.807) is 12.3 Å². The van der Waals surface area contributed by atoms with Crippen molar-refractivity contribution >= 4 is 5.82 Å². The SMILES string of the molecule is CC(CNc1ncccc1F)N(C)C. The highest BCUT2D eigenvalue weighted by atomic mass is 19.1. The summed E-state index contributed by atoms with van der Waals surface area (Å²) in [6.07, 6.45) is 1.58. The van der Waals surface area contributed by atoms with Crippen molar-refractivity contribution in [1.29, 1.82) is 0 Å².